The molecule has 1 unspecified atom stereocenters. The molecular formula is C19H30N2O4. The van der Waals surface area contributed by atoms with Crippen molar-refractivity contribution in [1.82, 2.24) is 10.1 Å². The lowest BCUT2D eigenvalue weighted by Gasteiger charge is -2.58. The van der Waals surface area contributed by atoms with Gasteiger partial charge in [-0.05, 0) is 51.9 Å². The van der Waals surface area contributed by atoms with Crippen LogP contribution < -0.4 is 0 Å². The molecule has 140 valence electrons. The van der Waals surface area contributed by atoms with Crippen molar-refractivity contribution < 1.29 is 19.2 Å². The molecule has 3 atom stereocenters. The summed E-state index contributed by atoms with van der Waals surface area (Å²) in [4.78, 5) is 14.2. The Morgan fingerprint density at radius 1 is 1.36 bits per heavy atom. The second-order valence-electron chi connectivity index (χ2n) is 9.77. The van der Waals surface area contributed by atoms with Crippen LogP contribution in [0.3, 0.4) is 0 Å². The molecule has 0 spiro atoms. The number of nitrogens with zero attached hydrogens (tertiary/aromatic N) is 2. The van der Waals surface area contributed by atoms with Gasteiger partial charge in [-0.15, -0.1) is 0 Å². The number of rotatable bonds is 0. The highest BCUT2D eigenvalue weighted by Gasteiger charge is 2.59. The minimum Gasteiger partial charge on any atom is -0.444 e. The molecule has 2 heterocycles. The summed E-state index contributed by atoms with van der Waals surface area (Å²) in [6, 6.07) is 0. The predicted molar refractivity (Wildman–Crippen MR) is 93.0 cm³/mol. The fourth-order valence-electron chi connectivity index (χ4n) is 4.78. The molecule has 25 heavy (non-hydrogen) atoms. The van der Waals surface area contributed by atoms with Gasteiger partial charge in [0.05, 0.1) is 6.20 Å². The van der Waals surface area contributed by atoms with Crippen molar-refractivity contribution in [2.75, 3.05) is 6.54 Å². The number of fused-ring (bicyclic) bond motifs is 2. The van der Waals surface area contributed by atoms with Crippen LogP contribution in [0, 0.1) is 11.3 Å². The summed E-state index contributed by atoms with van der Waals surface area (Å²) >= 11 is 0. The lowest BCUT2D eigenvalue weighted by Crippen LogP contribution is -2.65. The van der Waals surface area contributed by atoms with Crippen molar-refractivity contribution in [3.05, 3.63) is 17.5 Å². The van der Waals surface area contributed by atoms with E-state index in [9.17, 15) is 9.90 Å². The number of ether oxygens (including phenoxy) is 1. The van der Waals surface area contributed by atoms with Crippen LogP contribution in [0.5, 0.6) is 0 Å². The first-order chi connectivity index (χ1) is 11.3. The zero-order valence-corrected chi connectivity index (χ0v) is 16.3. The van der Waals surface area contributed by atoms with Gasteiger partial charge < -0.3 is 14.4 Å². The summed E-state index contributed by atoms with van der Waals surface area (Å²) in [6.07, 6.45) is 2.56. The molecule has 1 amide bonds. The van der Waals surface area contributed by atoms with Gasteiger partial charge in [0.15, 0.2) is 0 Å². The number of hydrogen-bond donors (Lipinski definition) is 1. The summed E-state index contributed by atoms with van der Waals surface area (Å²) in [6.45, 7) is 14.1. The number of carbonyl (C=O) groups is 1. The summed E-state index contributed by atoms with van der Waals surface area (Å²) in [7, 11) is 0. The normalized spacial score (nSPS) is 34.2. The maximum atomic E-state index is 12.7. The van der Waals surface area contributed by atoms with Crippen LogP contribution >= 0.6 is 0 Å². The second kappa shape index (κ2) is 5.22. The lowest BCUT2D eigenvalue weighted by molar-refractivity contribution is -0.175. The Balaban J connectivity index is 1.97. The number of piperidine rings is 1. The first-order valence-corrected chi connectivity index (χ1v) is 8.93. The zero-order valence-electron chi connectivity index (χ0n) is 16.3. The van der Waals surface area contributed by atoms with Gasteiger partial charge in [-0.3, -0.25) is 4.90 Å². The highest BCUT2D eigenvalue weighted by molar-refractivity contribution is 5.69. The number of hydrogen-bond acceptors (Lipinski definition) is 5. The van der Waals surface area contributed by atoms with Crippen molar-refractivity contribution in [3.8, 4) is 0 Å². The van der Waals surface area contributed by atoms with E-state index in [1.54, 1.807) is 13.1 Å². The van der Waals surface area contributed by atoms with Crippen LogP contribution in [0.1, 0.15) is 66.2 Å². The van der Waals surface area contributed by atoms with E-state index in [-0.39, 0.29) is 16.7 Å². The number of likely N-dealkylation sites (tertiary alicyclic amines) is 1. The highest BCUT2D eigenvalue weighted by Crippen LogP contribution is 2.56. The van der Waals surface area contributed by atoms with E-state index in [0.29, 0.717) is 13.0 Å². The molecular weight excluding hydrogens is 320 g/mol. The van der Waals surface area contributed by atoms with Crippen molar-refractivity contribution >= 4 is 6.09 Å². The van der Waals surface area contributed by atoms with E-state index in [1.165, 1.54) is 4.90 Å². The highest BCUT2D eigenvalue weighted by atomic mass is 16.6. The molecule has 1 saturated heterocycles. The van der Waals surface area contributed by atoms with Gasteiger partial charge in [0.25, 0.3) is 0 Å². The Labute approximate surface area is 149 Å². The second-order valence-corrected chi connectivity index (χ2v) is 9.77. The van der Waals surface area contributed by atoms with E-state index in [1.807, 2.05) is 20.8 Å². The largest absolute Gasteiger partial charge is 0.444 e. The Bertz CT molecular complexity index is 686. The smallest absolute Gasteiger partial charge is 0.412 e. The first-order valence-electron chi connectivity index (χ1n) is 8.93. The maximum absolute atomic E-state index is 12.7. The average Bonchev–Trinajstić information content (AvgIpc) is 2.87. The summed E-state index contributed by atoms with van der Waals surface area (Å²) in [5.74, 6) is 1.06. The van der Waals surface area contributed by atoms with E-state index in [0.717, 1.165) is 17.7 Å². The molecule has 1 aromatic rings. The van der Waals surface area contributed by atoms with Gasteiger partial charge in [-0.2, -0.15) is 0 Å². The first kappa shape index (κ1) is 18.2. The molecule has 0 radical (unpaired) electrons. The lowest BCUT2D eigenvalue weighted by atomic mass is 9.53. The van der Waals surface area contributed by atoms with Crippen molar-refractivity contribution in [3.63, 3.8) is 0 Å². The number of amides is 1. The minimum absolute atomic E-state index is 0.161. The van der Waals surface area contributed by atoms with Gasteiger partial charge in [-0.1, -0.05) is 25.9 Å². The summed E-state index contributed by atoms with van der Waals surface area (Å²) < 4.78 is 11.1. The van der Waals surface area contributed by atoms with Crippen LogP contribution in [0.2, 0.25) is 0 Å². The van der Waals surface area contributed by atoms with E-state index < -0.39 is 17.4 Å². The molecule has 2 aliphatic rings. The van der Waals surface area contributed by atoms with Crippen LogP contribution in [-0.2, 0) is 16.6 Å². The third-order valence-electron chi connectivity index (χ3n) is 5.84. The Morgan fingerprint density at radius 2 is 2.00 bits per heavy atom. The van der Waals surface area contributed by atoms with E-state index in [2.05, 4.69) is 25.9 Å². The van der Waals surface area contributed by atoms with Gasteiger partial charge in [-0.25, -0.2) is 4.79 Å². The fourth-order valence-corrected chi connectivity index (χ4v) is 4.78. The fraction of sp³-hybridized carbons (Fsp3) is 0.789. The Kier molecular flexibility index (Phi) is 3.81. The molecule has 0 saturated carbocycles. The standard InChI is InChI=1S/C19H30N2O4/c1-16(2,3)24-15(22)21-11-18(6)8-12-10-20-25-14(12)17(4,5)13(18)9-19(21,7)23/h10,13,23H,8-9,11H2,1-7H3/t13-,18+,19?/m0/s1. The number of aromatic nitrogens is 1. The van der Waals surface area contributed by atoms with Gasteiger partial charge in [0.2, 0.25) is 0 Å². The zero-order chi connectivity index (χ0) is 18.8. The number of aliphatic hydroxyl groups is 1. The molecule has 1 fully saturated rings. The van der Waals surface area contributed by atoms with Crippen molar-refractivity contribution in [2.24, 2.45) is 11.3 Å². The molecule has 0 bridgehead atoms. The summed E-state index contributed by atoms with van der Waals surface area (Å²) in [5.41, 5.74) is -1.21. The molecule has 6 nitrogen and oxygen atoms in total. The molecule has 6 heteroatoms. The third-order valence-corrected chi connectivity index (χ3v) is 5.84. The van der Waals surface area contributed by atoms with Crippen LogP contribution in [-0.4, -0.2) is 39.1 Å². The Morgan fingerprint density at radius 3 is 2.60 bits per heavy atom. The van der Waals surface area contributed by atoms with Crippen LogP contribution in [0.25, 0.3) is 0 Å². The quantitative estimate of drug-likeness (QED) is 0.775. The minimum atomic E-state index is -1.26. The van der Waals surface area contributed by atoms with Crippen molar-refractivity contribution in [1.29, 1.82) is 0 Å². The molecule has 3 rings (SSSR count). The van der Waals surface area contributed by atoms with E-state index in [4.69, 9.17) is 9.26 Å². The maximum Gasteiger partial charge on any atom is 0.412 e. The third kappa shape index (κ3) is 2.94. The SMILES string of the molecule is CC(C)(C)OC(=O)N1C[C@@]2(C)Cc3cnoc3C(C)(C)[C@@H]2CC1(C)O. The summed E-state index contributed by atoms with van der Waals surface area (Å²) in [5, 5.41) is 15.0. The molecule has 1 aromatic heterocycles. The van der Waals surface area contributed by atoms with Gasteiger partial charge >= 0.3 is 6.09 Å². The van der Waals surface area contributed by atoms with Gasteiger partial charge in [0, 0.05) is 17.5 Å². The Hall–Kier alpha value is -1.56. The van der Waals surface area contributed by atoms with E-state index >= 15 is 0 Å². The van der Waals surface area contributed by atoms with Gasteiger partial charge in [0.1, 0.15) is 17.1 Å². The predicted octanol–water partition coefficient (Wildman–Crippen LogP) is 3.48. The van der Waals surface area contributed by atoms with Crippen LogP contribution in [0.15, 0.2) is 10.7 Å². The van der Waals surface area contributed by atoms with Crippen molar-refractivity contribution in [2.45, 2.75) is 78.0 Å². The van der Waals surface area contributed by atoms with Crippen LogP contribution in [0.4, 0.5) is 4.79 Å². The molecule has 1 aliphatic heterocycles. The average molecular weight is 350 g/mol. The molecule has 1 aliphatic carbocycles. The monoisotopic (exact) mass is 350 g/mol. The molecule has 0 aromatic carbocycles. The number of carbonyl (C=O) groups excluding carboxylic acids is 1. The molecule has 1 N–H and O–H groups in total. The topological polar surface area (TPSA) is 75.8 Å².